The van der Waals surface area contributed by atoms with Crippen molar-refractivity contribution in [1.29, 1.82) is 0 Å². The van der Waals surface area contributed by atoms with E-state index in [0.717, 1.165) is 0 Å². The molecular formula is C9H13NO2. The molecule has 0 spiro atoms. The Labute approximate surface area is 72.8 Å². The number of ether oxygens (including phenoxy) is 1. The summed E-state index contributed by atoms with van der Waals surface area (Å²) in [5.74, 6) is -0.382. The lowest BCUT2D eigenvalue weighted by atomic mass is 10.3. The minimum Gasteiger partial charge on any atom is -0.459 e. The molecule has 0 aromatic heterocycles. The number of rotatable bonds is 4. The molecule has 3 nitrogen and oxygen atoms in total. The molecule has 0 fully saturated rings. The quantitative estimate of drug-likeness (QED) is 0.363. The van der Waals surface area contributed by atoms with Crippen LogP contribution in [0.1, 0.15) is 20.3 Å². The Bertz CT molecular complexity index is 215. The van der Waals surface area contributed by atoms with Gasteiger partial charge in [-0.3, -0.25) is 0 Å². The molecule has 1 atom stereocenters. The van der Waals surface area contributed by atoms with Gasteiger partial charge in [0.05, 0.1) is 6.42 Å². The van der Waals surface area contributed by atoms with Crippen LogP contribution in [0, 0.1) is 6.57 Å². The van der Waals surface area contributed by atoms with Crippen molar-refractivity contribution in [3.05, 3.63) is 23.6 Å². The number of carbonyl (C=O) groups excluding carboxylic acids is 1. The van der Waals surface area contributed by atoms with Crippen LogP contribution < -0.4 is 0 Å². The van der Waals surface area contributed by atoms with Crippen molar-refractivity contribution < 1.29 is 9.53 Å². The van der Waals surface area contributed by atoms with E-state index in [4.69, 9.17) is 11.3 Å². The van der Waals surface area contributed by atoms with Gasteiger partial charge >= 0.3 is 5.97 Å². The third kappa shape index (κ3) is 4.51. The van der Waals surface area contributed by atoms with Gasteiger partial charge in [-0.25, -0.2) is 11.4 Å². The summed E-state index contributed by atoms with van der Waals surface area (Å²) in [6.45, 7) is 13.7. The summed E-state index contributed by atoms with van der Waals surface area (Å²) in [5, 5.41) is 0. The minimum absolute atomic E-state index is 0.191. The molecule has 3 heteroatoms. The Morgan fingerprint density at radius 2 is 2.33 bits per heavy atom. The zero-order chi connectivity index (χ0) is 9.56. The maximum atomic E-state index is 10.9. The summed E-state index contributed by atoms with van der Waals surface area (Å²) < 4.78 is 4.93. The van der Waals surface area contributed by atoms with E-state index in [9.17, 15) is 4.79 Å². The molecule has 12 heavy (non-hydrogen) atoms. The lowest BCUT2D eigenvalue weighted by Gasteiger charge is -2.09. The summed E-state index contributed by atoms with van der Waals surface area (Å²) >= 11 is 0. The Morgan fingerprint density at radius 1 is 1.75 bits per heavy atom. The summed E-state index contributed by atoms with van der Waals surface area (Å²) in [6, 6.07) is 0. The maximum absolute atomic E-state index is 10.9. The number of hydrogen-bond donors (Lipinski definition) is 0. The first-order chi connectivity index (χ1) is 5.57. The first-order valence-electron chi connectivity index (χ1n) is 3.77. The fourth-order valence-electron chi connectivity index (χ4n) is 0.589. The van der Waals surface area contributed by atoms with Gasteiger partial charge in [-0.1, -0.05) is 6.58 Å². The van der Waals surface area contributed by atoms with Crippen molar-refractivity contribution in [2.75, 3.05) is 6.54 Å². The number of nitrogens with zero attached hydrogens (tertiary/aromatic N) is 1. The van der Waals surface area contributed by atoms with Crippen molar-refractivity contribution in [2.24, 2.45) is 0 Å². The molecule has 0 N–H and O–H groups in total. The average Bonchev–Trinajstić information content (AvgIpc) is 2.00. The van der Waals surface area contributed by atoms with Crippen LogP contribution in [-0.4, -0.2) is 18.6 Å². The normalized spacial score (nSPS) is 11.4. The zero-order valence-electron chi connectivity index (χ0n) is 7.46. The molecule has 0 bridgehead atoms. The Morgan fingerprint density at radius 3 is 2.75 bits per heavy atom. The van der Waals surface area contributed by atoms with Crippen LogP contribution >= 0.6 is 0 Å². The molecule has 0 aromatic rings. The molecule has 66 valence electrons. The summed E-state index contributed by atoms with van der Waals surface area (Å²) in [7, 11) is 0. The van der Waals surface area contributed by atoms with Crippen LogP contribution in [0.15, 0.2) is 12.2 Å². The molecule has 0 aromatic carbocycles. The predicted octanol–water partition coefficient (Wildman–Crippen LogP) is 1.80. The maximum Gasteiger partial charge on any atom is 0.333 e. The second-order valence-corrected chi connectivity index (χ2v) is 2.67. The first kappa shape index (κ1) is 10.7. The van der Waals surface area contributed by atoms with Crippen molar-refractivity contribution in [1.82, 2.24) is 0 Å². The molecule has 0 aliphatic heterocycles. The zero-order valence-corrected chi connectivity index (χ0v) is 7.46. The third-order valence-corrected chi connectivity index (χ3v) is 1.30. The van der Waals surface area contributed by atoms with E-state index in [-0.39, 0.29) is 12.1 Å². The second kappa shape index (κ2) is 5.36. The third-order valence-electron chi connectivity index (χ3n) is 1.30. The molecule has 1 unspecified atom stereocenters. The Balaban J connectivity index is 3.70. The van der Waals surface area contributed by atoms with Gasteiger partial charge in [-0.15, -0.1) is 0 Å². The van der Waals surface area contributed by atoms with Crippen molar-refractivity contribution in [3.63, 3.8) is 0 Å². The van der Waals surface area contributed by atoms with Gasteiger partial charge in [-0.05, 0) is 13.8 Å². The van der Waals surface area contributed by atoms with E-state index < -0.39 is 0 Å². The highest BCUT2D eigenvalue weighted by atomic mass is 16.5. The highest BCUT2D eigenvalue weighted by molar-refractivity contribution is 5.87. The molecule has 0 heterocycles. The average molecular weight is 167 g/mol. The van der Waals surface area contributed by atoms with Crippen LogP contribution in [0.2, 0.25) is 0 Å². The van der Waals surface area contributed by atoms with Crippen LogP contribution in [0.5, 0.6) is 0 Å². The fourth-order valence-corrected chi connectivity index (χ4v) is 0.589. The highest BCUT2D eigenvalue weighted by Gasteiger charge is 2.10. The lowest BCUT2D eigenvalue weighted by Crippen LogP contribution is -2.15. The molecule has 0 radical (unpaired) electrons. The largest absolute Gasteiger partial charge is 0.459 e. The van der Waals surface area contributed by atoms with Crippen LogP contribution in [0.3, 0.4) is 0 Å². The van der Waals surface area contributed by atoms with Crippen LogP contribution in [0.25, 0.3) is 4.85 Å². The molecule has 0 amide bonds. The standard InChI is InChI=1S/C9H13NO2/c1-7(2)9(11)12-8(3)5-6-10-4/h8H,1,5-6H2,2-3H3. The smallest absolute Gasteiger partial charge is 0.333 e. The molecule has 0 aliphatic carbocycles. The lowest BCUT2D eigenvalue weighted by molar-refractivity contribution is -0.143. The summed E-state index contributed by atoms with van der Waals surface area (Å²) in [4.78, 5) is 14.1. The van der Waals surface area contributed by atoms with E-state index in [0.29, 0.717) is 18.5 Å². The number of carbonyl (C=O) groups is 1. The Hall–Kier alpha value is -1.30. The van der Waals surface area contributed by atoms with E-state index in [2.05, 4.69) is 11.4 Å². The first-order valence-corrected chi connectivity index (χ1v) is 3.77. The van der Waals surface area contributed by atoms with E-state index in [1.807, 2.05) is 0 Å². The van der Waals surface area contributed by atoms with Gasteiger partial charge in [-0.2, -0.15) is 0 Å². The van der Waals surface area contributed by atoms with Gasteiger partial charge in [0.25, 0.3) is 0 Å². The van der Waals surface area contributed by atoms with Gasteiger partial charge in [0, 0.05) is 5.57 Å². The molecular weight excluding hydrogens is 154 g/mol. The van der Waals surface area contributed by atoms with Crippen molar-refractivity contribution >= 4 is 5.97 Å². The van der Waals surface area contributed by atoms with E-state index in [1.165, 1.54) is 0 Å². The highest BCUT2D eigenvalue weighted by Crippen LogP contribution is 2.01. The van der Waals surface area contributed by atoms with Crippen LogP contribution in [-0.2, 0) is 9.53 Å². The molecule has 0 aliphatic rings. The van der Waals surface area contributed by atoms with Crippen molar-refractivity contribution in [2.45, 2.75) is 26.4 Å². The van der Waals surface area contributed by atoms with Gasteiger partial charge in [0.2, 0.25) is 6.54 Å². The topological polar surface area (TPSA) is 30.7 Å². The molecule has 0 saturated heterocycles. The van der Waals surface area contributed by atoms with Crippen molar-refractivity contribution in [3.8, 4) is 0 Å². The minimum atomic E-state index is -0.382. The monoisotopic (exact) mass is 167 g/mol. The van der Waals surface area contributed by atoms with Crippen LogP contribution in [0.4, 0.5) is 0 Å². The van der Waals surface area contributed by atoms with E-state index in [1.54, 1.807) is 13.8 Å². The Kier molecular flexibility index (Phi) is 4.78. The SMILES string of the molecule is [C-]#[N+]CCC(C)OC(=O)C(=C)C. The number of esters is 1. The summed E-state index contributed by atoms with van der Waals surface area (Å²) in [5.41, 5.74) is 0.393. The molecule has 0 rings (SSSR count). The fraction of sp³-hybridized carbons (Fsp3) is 0.556. The summed E-state index contributed by atoms with van der Waals surface area (Å²) in [6.07, 6.45) is 0.394. The van der Waals surface area contributed by atoms with Gasteiger partial charge < -0.3 is 9.58 Å². The van der Waals surface area contributed by atoms with Gasteiger partial charge in [0.15, 0.2) is 0 Å². The van der Waals surface area contributed by atoms with E-state index >= 15 is 0 Å². The van der Waals surface area contributed by atoms with Gasteiger partial charge in [0.1, 0.15) is 6.10 Å². The molecule has 0 saturated carbocycles. The predicted molar refractivity (Wildman–Crippen MR) is 46.5 cm³/mol. The number of hydrogen-bond acceptors (Lipinski definition) is 2. The second-order valence-electron chi connectivity index (χ2n) is 2.67.